The third-order valence-electron chi connectivity index (χ3n) is 3.19. The van der Waals surface area contributed by atoms with Crippen LogP contribution in [0.2, 0.25) is 10.0 Å². The molecule has 0 radical (unpaired) electrons. The minimum Gasteiger partial charge on any atom is -0.316 e. The summed E-state index contributed by atoms with van der Waals surface area (Å²) in [5.74, 6) is 0.532. The Morgan fingerprint density at radius 3 is 2.58 bits per heavy atom. The van der Waals surface area contributed by atoms with E-state index in [4.69, 9.17) is 23.2 Å². The number of hydrogen-bond donors (Lipinski definition) is 2. The van der Waals surface area contributed by atoms with Gasteiger partial charge in [-0.25, -0.2) is 13.1 Å². The van der Waals surface area contributed by atoms with Gasteiger partial charge in [0.15, 0.2) is 0 Å². The zero-order chi connectivity index (χ0) is 13.9. The van der Waals surface area contributed by atoms with Crippen LogP contribution in [0.15, 0.2) is 23.1 Å². The first-order valence-corrected chi connectivity index (χ1v) is 8.39. The minimum absolute atomic E-state index is 0.0390. The number of nitrogens with one attached hydrogen (secondary N) is 2. The van der Waals surface area contributed by atoms with Gasteiger partial charge in [-0.2, -0.15) is 0 Å². The zero-order valence-electron chi connectivity index (χ0n) is 10.3. The topological polar surface area (TPSA) is 58.2 Å². The summed E-state index contributed by atoms with van der Waals surface area (Å²) in [5.41, 5.74) is 0. The smallest absolute Gasteiger partial charge is 0.243 e. The van der Waals surface area contributed by atoms with Crippen molar-refractivity contribution in [2.45, 2.75) is 17.7 Å². The molecule has 2 N–H and O–H groups in total. The van der Waals surface area contributed by atoms with Crippen LogP contribution < -0.4 is 10.0 Å². The third-order valence-corrected chi connectivity index (χ3v) is 5.61. The molecule has 0 saturated carbocycles. The summed E-state index contributed by atoms with van der Waals surface area (Å²) in [4.78, 5) is -0.0390. The van der Waals surface area contributed by atoms with Crippen molar-refractivity contribution in [2.24, 2.45) is 5.92 Å². The molecule has 1 fully saturated rings. The summed E-state index contributed by atoms with van der Waals surface area (Å²) >= 11 is 11.8. The van der Waals surface area contributed by atoms with E-state index in [1.54, 1.807) is 6.07 Å². The highest BCUT2D eigenvalue weighted by molar-refractivity contribution is 7.89. The molecule has 1 aliphatic heterocycles. The molecule has 1 unspecified atom stereocenters. The lowest BCUT2D eigenvalue weighted by Crippen LogP contribution is -2.27. The SMILES string of the molecule is O=S(=O)(NCCC1CCNC1)c1c(Cl)cccc1Cl. The van der Waals surface area contributed by atoms with Gasteiger partial charge in [0.25, 0.3) is 0 Å². The molecule has 7 heteroatoms. The fourth-order valence-corrected chi connectivity index (χ4v) is 4.36. The number of benzene rings is 1. The summed E-state index contributed by atoms with van der Waals surface area (Å²) in [6, 6.07) is 4.65. The highest BCUT2D eigenvalue weighted by atomic mass is 35.5. The van der Waals surface area contributed by atoms with Crippen molar-refractivity contribution in [1.82, 2.24) is 10.0 Å². The first kappa shape index (κ1) is 15.1. The maximum Gasteiger partial charge on any atom is 0.243 e. The summed E-state index contributed by atoms with van der Waals surface area (Å²) in [5, 5.41) is 3.53. The van der Waals surface area contributed by atoms with Crippen molar-refractivity contribution in [2.75, 3.05) is 19.6 Å². The molecule has 1 aromatic carbocycles. The van der Waals surface area contributed by atoms with E-state index in [0.717, 1.165) is 25.9 Å². The van der Waals surface area contributed by atoms with Gasteiger partial charge in [-0.3, -0.25) is 0 Å². The molecular weight excluding hydrogens is 307 g/mol. The monoisotopic (exact) mass is 322 g/mol. The van der Waals surface area contributed by atoms with Crippen molar-refractivity contribution < 1.29 is 8.42 Å². The van der Waals surface area contributed by atoms with Crippen LogP contribution in [-0.4, -0.2) is 28.1 Å². The Labute approximate surface area is 123 Å². The average Bonchev–Trinajstić information content (AvgIpc) is 2.81. The predicted molar refractivity (Wildman–Crippen MR) is 77.2 cm³/mol. The normalized spacial score (nSPS) is 19.8. The van der Waals surface area contributed by atoms with Crippen molar-refractivity contribution >= 4 is 33.2 Å². The maximum atomic E-state index is 12.2. The number of halogens is 2. The first-order chi connectivity index (χ1) is 9.00. The van der Waals surface area contributed by atoms with Gasteiger partial charge in [0, 0.05) is 6.54 Å². The van der Waals surface area contributed by atoms with E-state index in [-0.39, 0.29) is 14.9 Å². The second-order valence-electron chi connectivity index (χ2n) is 4.60. The fraction of sp³-hybridized carbons (Fsp3) is 0.500. The predicted octanol–water partition coefficient (Wildman–Crippen LogP) is 2.27. The van der Waals surface area contributed by atoms with Crippen LogP contribution in [0.4, 0.5) is 0 Å². The number of sulfonamides is 1. The van der Waals surface area contributed by atoms with Crippen molar-refractivity contribution in [3.63, 3.8) is 0 Å². The summed E-state index contributed by atoms with van der Waals surface area (Å²) in [6.45, 7) is 2.36. The molecule has 0 spiro atoms. The summed E-state index contributed by atoms with van der Waals surface area (Å²) in [7, 11) is -3.65. The minimum atomic E-state index is -3.65. The van der Waals surface area contributed by atoms with Crippen molar-refractivity contribution in [3.8, 4) is 0 Å². The molecule has 1 aliphatic rings. The Morgan fingerprint density at radius 2 is 2.00 bits per heavy atom. The Hall–Kier alpha value is -0.330. The average molecular weight is 323 g/mol. The highest BCUT2D eigenvalue weighted by Crippen LogP contribution is 2.28. The van der Waals surface area contributed by atoms with Crippen LogP contribution in [0, 0.1) is 5.92 Å². The van der Waals surface area contributed by atoms with E-state index in [2.05, 4.69) is 10.0 Å². The second kappa shape index (κ2) is 6.41. The standard InChI is InChI=1S/C12H16Cl2N2O2S/c13-10-2-1-3-11(14)12(10)19(17,18)16-7-5-9-4-6-15-8-9/h1-3,9,15-16H,4-8H2. The molecule has 0 amide bonds. The lowest BCUT2D eigenvalue weighted by Gasteiger charge is -2.12. The second-order valence-corrected chi connectivity index (χ2v) is 7.11. The fourth-order valence-electron chi connectivity index (χ4n) is 2.17. The molecule has 2 rings (SSSR count). The molecule has 0 aliphatic carbocycles. The van der Waals surface area contributed by atoms with Gasteiger partial charge in [0.05, 0.1) is 10.0 Å². The molecule has 1 aromatic rings. The zero-order valence-corrected chi connectivity index (χ0v) is 12.7. The molecule has 0 bridgehead atoms. The molecule has 0 aromatic heterocycles. The molecule has 4 nitrogen and oxygen atoms in total. The van der Waals surface area contributed by atoms with Crippen molar-refractivity contribution in [3.05, 3.63) is 28.2 Å². The Balaban J connectivity index is 2.01. The van der Waals surface area contributed by atoms with Gasteiger partial charge in [-0.15, -0.1) is 0 Å². The quantitative estimate of drug-likeness (QED) is 0.874. The number of hydrogen-bond acceptors (Lipinski definition) is 3. The van der Waals surface area contributed by atoms with E-state index in [1.807, 2.05) is 0 Å². The number of rotatable bonds is 5. The Bertz CT molecular complexity index is 522. The Morgan fingerprint density at radius 1 is 1.32 bits per heavy atom. The van der Waals surface area contributed by atoms with Gasteiger partial charge in [0.2, 0.25) is 10.0 Å². The maximum absolute atomic E-state index is 12.2. The van der Waals surface area contributed by atoms with E-state index < -0.39 is 10.0 Å². The van der Waals surface area contributed by atoms with Crippen LogP contribution in [0.3, 0.4) is 0 Å². The molecular formula is C12H16Cl2N2O2S. The lowest BCUT2D eigenvalue weighted by molar-refractivity contribution is 0.519. The van der Waals surface area contributed by atoms with Crippen LogP contribution >= 0.6 is 23.2 Å². The molecule has 1 atom stereocenters. The van der Waals surface area contributed by atoms with Gasteiger partial charge in [-0.1, -0.05) is 29.3 Å². The van der Waals surface area contributed by atoms with E-state index in [9.17, 15) is 8.42 Å². The molecule has 1 heterocycles. The van der Waals surface area contributed by atoms with E-state index >= 15 is 0 Å². The summed E-state index contributed by atoms with van der Waals surface area (Å²) in [6.07, 6.45) is 1.91. The van der Waals surface area contributed by atoms with Gasteiger partial charge in [-0.05, 0) is 44.0 Å². The third kappa shape index (κ3) is 3.83. The van der Waals surface area contributed by atoms with Crippen LogP contribution in [0.1, 0.15) is 12.8 Å². The molecule has 19 heavy (non-hydrogen) atoms. The van der Waals surface area contributed by atoms with E-state index in [0.29, 0.717) is 12.5 Å². The summed E-state index contributed by atoms with van der Waals surface area (Å²) < 4.78 is 26.9. The van der Waals surface area contributed by atoms with Crippen LogP contribution in [-0.2, 0) is 10.0 Å². The van der Waals surface area contributed by atoms with Crippen LogP contribution in [0.25, 0.3) is 0 Å². The molecule has 106 valence electrons. The largest absolute Gasteiger partial charge is 0.316 e. The highest BCUT2D eigenvalue weighted by Gasteiger charge is 2.22. The first-order valence-electron chi connectivity index (χ1n) is 6.15. The van der Waals surface area contributed by atoms with Gasteiger partial charge < -0.3 is 5.32 Å². The van der Waals surface area contributed by atoms with Gasteiger partial charge in [0.1, 0.15) is 4.90 Å². The lowest BCUT2D eigenvalue weighted by atomic mass is 10.1. The van der Waals surface area contributed by atoms with Gasteiger partial charge >= 0.3 is 0 Å². The molecule has 1 saturated heterocycles. The van der Waals surface area contributed by atoms with E-state index in [1.165, 1.54) is 12.1 Å². The van der Waals surface area contributed by atoms with Crippen molar-refractivity contribution in [1.29, 1.82) is 0 Å². The van der Waals surface area contributed by atoms with Crippen LogP contribution in [0.5, 0.6) is 0 Å². The Kier molecular flexibility index (Phi) is 5.09.